The van der Waals surface area contributed by atoms with Gasteiger partial charge in [0.1, 0.15) is 67.8 Å². The maximum Gasteiger partial charge on any atom is 0.208 e. The largest absolute Gasteiger partial charge is 0.490 e. The first-order valence-corrected chi connectivity index (χ1v) is 17.5. The van der Waals surface area contributed by atoms with E-state index in [0.29, 0.717) is 39.6 Å². The van der Waals surface area contributed by atoms with Gasteiger partial charge in [0, 0.05) is 0 Å². The Morgan fingerprint density at radius 1 is 0.265 bits per heavy atom. The zero-order chi connectivity index (χ0) is 33.4. The van der Waals surface area contributed by atoms with Crippen LogP contribution in [0.25, 0.3) is 0 Å². The Kier molecular flexibility index (Phi) is 12.3. The van der Waals surface area contributed by atoms with E-state index >= 15 is 0 Å². The Balaban J connectivity index is 1.26. The van der Waals surface area contributed by atoms with Gasteiger partial charge < -0.3 is 28.4 Å². The lowest BCUT2D eigenvalue weighted by molar-refractivity contribution is 0.212. The molecule has 49 heavy (non-hydrogen) atoms. The summed E-state index contributed by atoms with van der Waals surface area (Å²) in [6.45, 7) is 2.38. The van der Waals surface area contributed by atoms with Crippen LogP contribution in [0.4, 0.5) is 0 Å². The van der Waals surface area contributed by atoms with E-state index in [1.807, 2.05) is 146 Å². The number of benzene rings is 6. The molecule has 0 aromatic heterocycles. The van der Waals surface area contributed by atoms with E-state index in [1.165, 1.54) is 0 Å². The van der Waals surface area contributed by atoms with Gasteiger partial charge in [0.15, 0.2) is 17.2 Å². The fourth-order valence-corrected chi connectivity index (χ4v) is 7.39. The molecule has 0 radical (unpaired) electrons. The highest BCUT2D eigenvalue weighted by atomic mass is 32.2. The molecule has 0 saturated heterocycles. The summed E-state index contributed by atoms with van der Waals surface area (Å²) in [7, 11) is -0.671. The van der Waals surface area contributed by atoms with Gasteiger partial charge in [-0.2, -0.15) is 0 Å². The summed E-state index contributed by atoms with van der Waals surface area (Å²) in [4.78, 5) is 3.03. The predicted octanol–water partition coefficient (Wildman–Crippen LogP) is 9.16. The summed E-state index contributed by atoms with van der Waals surface area (Å²) in [5.41, 5.74) is 0. The minimum atomic E-state index is -0.671. The van der Waals surface area contributed by atoms with Gasteiger partial charge in [-0.1, -0.05) is 91.0 Å². The van der Waals surface area contributed by atoms with Gasteiger partial charge in [-0.3, -0.25) is 0 Å². The molecule has 0 heterocycles. The van der Waals surface area contributed by atoms with Gasteiger partial charge in [-0.05, 0) is 72.8 Å². The lowest BCUT2D eigenvalue weighted by Gasteiger charge is -2.18. The molecule has 0 unspecified atom stereocenters. The Hall–Kier alpha value is -5.53. The van der Waals surface area contributed by atoms with Crippen LogP contribution >= 0.6 is 0 Å². The van der Waals surface area contributed by atoms with Gasteiger partial charge in [0.05, 0.1) is 0 Å². The molecule has 0 aliphatic rings. The van der Waals surface area contributed by atoms with Crippen LogP contribution in [-0.2, 0) is 10.9 Å². The first-order chi connectivity index (χ1) is 24.3. The van der Waals surface area contributed by atoms with Crippen LogP contribution in [-0.4, -0.2) is 39.6 Å². The van der Waals surface area contributed by atoms with Crippen molar-refractivity contribution in [2.45, 2.75) is 14.7 Å². The number of hydrogen-bond donors (Lipinski definition) is 0. The fourth-order valence-electron chi connectivity index (χ4n) is 5.05. The molecule has 0 saturated carbocycles. The summed E-state index contributed by atoms with van der Waals surface area (Å²) in [6, 6.07) is 53.7. The molecule has 6 nitrogen and oxygen atoms in total. The molecule has 248 valence electrons. The summed E-state index contributed by atoms with van der Waals surface area (Å²) in [6.07, 6.45) is 0. The summed E-state index contributed by atoms with van der Waals surface area (Å²) >= 11 is 0. The molecule has 0 atom stereocenters. The molecule has 0 bridgehead atoms. The molecule has 0 aliphatic heterocycles. The molecule has 0 fully saturated rings. The van der Waals surface area contributed by atoms with E-state index in [9.17, 15) is 0 Å². The second-order valence-corrected chi connectivity index (χ2v) is 12.6. The van der Waals surface area contributed by atoms with Crippen molar-refractivity contribution in [3.8, 4) is 34.5 Å². The topological polar surface area (TPSA) is 55.4 Å². The van der Waals surface area contributed by atoms with E-state index in [-0.39, 0.29) is 0 Å². The third kappa shape index (κ3) is 9.75. The summed E-state index contributed by atoms with van der Waals surface area (Å²) < 4.78 is 37.0. The number of para-hydroxylation sites is 6. The van der Waals surface area contributed by atoms with Crippen LogP contribution in [0.15, 0.2) is 178 Å². The van der Waals surface area contributed by atoms with Crippen molar-refractivity contribution in [2.75, 3.05) is 39.6 Å². The van der Waals surface area contributed by atoms with Crippen molar-refractivity contribution >= 4 is 10.9 Å². The van der Waals surface area contributed by atoms with Gasteiger partial charge in [0.2, 0.25) is 14.7 Å². The molecular weight excluding hydrogens is 633 g/mol. The third-order valence-electron chi connectivity index (χ3n) is 7.27. The highest BCUT2D eigenvalue weighted by molar-refractivity contribution is 7.97. The smallest absolute Gasteiger partial charge is 0.208 e. The van der Waals surface area contributed by atoms with Crippen molar-refractivity contribution in [2.24, 2.45) is 0 Å². The van der Waals surface area contributed by atoms with Crippen molar-refractivity contribution in [1.29, 1.82) is 0 Å². The Morgan fingerprint density at radius 3 is 0.816 bits per heavy atom. The fraction of sp³-hybridized carbons (Fsp3) is 0.143. The van der Waals surface area contributed by atoms with E-state index in [2.05, 4.69) is 18.2 Å². The van der Waals surface area contributed by atoms with Crippen molar-refractivity contribution < 1.29 is 28.4 Å². The quantitative estimate of drug-likeness (QED) is 0.0671. The lowest BCUT2D eigenvalue weighted by atomic mass is 10.3. The summed E-state index contributed by atoms with van der Waals surface area (Å²) in [5.74, 6) is 4.74. The lowest BCUT2D eigenvalue weighted by Crippen LogP contribution is -2.16. The van der Waals surface area contributed by atoms with Gasteiger partial charge in [-0.25, -0.2) is 0 Å². The zero-order valence-corrected chi connectivity index (χ0v) is 28.0. The molecule has 0 amide bonds. The van der Waals surface area contributed by atoms with Crippen LogP contribution in [0.1, 0.15) is 0 Å². The van der Waals surface area contributed by atoms with Crippen LogP contribution in [0, 0.1) is 0 Å². The van der Waals surface area contributed by atoms with Gasteiger partial charge in [0.25, 0.3) is 0 Å². The van der Waals surface area contributed by atoms with E-state index in [4.69, 9.17) is 28.4 Å². The minimum Gasteiger partial charge on any atom is -0.490 e. The minimum absolute atomic E-state index is 0.382. The highest BCUT2D eigenvalue weighted by Crippen LogP contribution is 2.43. The van der Waals surface area contributed by atoms with Crippen molar-refractivity contribution in [3.63, 3.8) is 0 Å². The van der Waals surface area contributed by atoms with Crippen LogP contribution in [0.2, 0.25) is 0 Å². The molecule has 0 aliphatic carbocycles. The third-order valence-corrected chi connectivity index (χ3v) is 9.60. The molecule has 6 rings (SSSR count). The predicted molar refractivity (Wildman–Crippen MR) is 194 cm³/mol. The normalized spacial score (nSPS) is 10.7. The van der Waals surface area contributed by atoms with Gasteiger partial charge >= 0.3 is 0 Å². The SMILES string of the molecule is c1ccc(OCCOc2ccccc2[S+](c2ccccc2OCCOc2ccccc2)c2ccccc2OCCOc2ccccc2)cc1. The van der Waals surface area contributed by atoms with E-state index in [1.54, 1.807) is 0 Å². The molecular formula is C42H39O6S+. The summed E-state index contributed by atoms with van der Waals surface area (Å²) in [5, 5.41) is 0. The van der Waals surface area contributed by atoms with Crippen molar-refractivity contribution in [1.82, 2.24) is 0 Å². The first-order valence-electron chi connectivity index (χ1n) is 16.3. The van der Waals surface area contributed by atoms with Crippen LogP contribution in [0.5, 0.6) is 34.5 Å². The average molecular weight is 672 g/mol. The maximum absolute atomic E-state index is 6.42. The number of ether oxygens (including phenoxy) is 6. The van der Waals surface area contributed by atoms with Gasteiger partial charge in [-0.15, -0.1) is 0 Å². The Labute approximate surface area is 291 Å². The first kappa shape index (κ1) is 33.4. The van der Waals surface area contributed by atoms with E-state index in [0.717, 1.165) is 49.2 Å². The highest BCUT2D eigenvalue weighted by Gasteiger charge is 2.37. The Bertz CT molecular complexity index is 1620. The second-order valence-electron chi connectivity index (χ2n) is 10.7. The second kappa shape index (κ2) is 18.1. The molecule has 7 heteroatoms. The molecule has 6 aromatic carbocycles. The number of rotatable bonds is 18. The van der Waals surface area contributed by atoms with Crippen LogP contribution in [0.3, 0.4) is 0 Å². The maximum atomic E-state index is 6.42. The molecule has 0 N–H and O–H groups in total. The van der Waals surface area contributed by atoms with E-state index < -0.39 is 10.9 Å². The monoisotopic (exact) mass is 671 g/mol. The van der Waals surface area contributed by atoms with Crippen molar-refractivity contribution in [3.05, 3.63) is 164 Å². The molecule has 0 spiro atoms. The standard InChI is InChI=1S/C42H39O6S/c1-4-16-34(17-5-1)43-28-31-46-37-22-10-13-25-40(37)49(41-26-14-11-23-38(41)47-32-29-44-35-18-6-2-7-19-35)42-27-15-12-24-39(42)48-33-30-45-36-20-8-3-9-21-36/h1-27H,28-33H2/q+1. The van der Waals surface area contributed by atoms with Crippen LogP contribution < -0.4 is 28.4 Å². The Morgan fingerprint density at radius 2 is 0.510 bits per heavy atom. The zero-order valence-electron chi connectivity index (χ0n) is 27.2. The average Bonchev–Trinajstić information content (AvgIpc) is 3.17. The number of hydrogen-bond acceptors (Lipinski definition) is 6. The molecule has 6 aromatic rings.